The van der Waals surface area contributed by atoms with Gasteiger partial charge >= 0.3 is 0 Å². The van der Waals surface area contributed by atoms with E-state index in [1.54, 1.807) is 13.2 Å². The summed E-state index contributed by atoms with van der Waals surface area (Å²) in [5.74, 6) is 1.19. The van der Waals surface area contributed by atoms with Gasteiger partial charge in [-0.25, -0.2) is 0 Å². The number of aromatic hydroxyl groups is 1. The predicted octanol–water partition coefficient (Wildman–Crippen LogP) is 3.93. The van der Waals surface area contributed by atoms with Gasteiger partial charge in [0.2, 0.25) is 0 Å². The maximum Gasteiger partial charge on any atom is 0.120 e. The second kappa shape index (κ2) is 7.66. The topological polar surface area (TPSA) is 35.9 Å². The van der Waals surface area contributed by atoms with Crippen LogP contribution in [0.5, 0.6) is 11.5 Å². The Hall–Kier alpha value is -2.08. The van der Waals surface area contributed by atoms with Crippen molar-refractivity contribution in [1.29, 1.82) is 0 Å². The minimum atomic E-state index is 0.367. The lowest BCUT2D eigenvalue weighted by Crippen LogP contribution is -2.45. The molecule has 1 N–H and O–H groups in total. The second-order valence-corrected chi connectivity index (χ2v) is 7.81. The normalized spacial score (nSPS) is 16.2. The summed E-state index contributed by atoms with van der Waals surface area (Å²) in [5.41, 5.74) is 0.994. The van der Waals surface area contributed by atoms with E-state index in [1.165, 1.54) is 4.88 Å². The van der Waals surface area contributed by atoms with Gasteiger partial charge in [0.05, 0.1) is 7.11 Å². The number of benzene rings is 2. The quantitative estimate of drug-likeness (QED) is 0.740. The zero-order chi connectivity index (χ0) is 17.9. The maximum atomic E-state index is 10.4. The van der Waals surface area contributed by atoms with Crippen molar-refractivity contribution in [3.8, 4) is 11.5 Å². The van der Waals surface area contributed by atoms with Crippen molar-refractivity contribution in [2.24, 2.45) is 0 Å². The summed E-state index contributed by atoms with van der Waals surface area (Å²) in [6.45, 7) is 5.97. The molecule has 2 heterocycles. The third-order valence-electron chi connectivity index (χ3n) is 5.12. The molecule has 0 radical (unpaired) electrons. The largest absolute Gasteiger partial charge is 0.508 e. The lowest BCUT2D eigenvalue weighted by atomic mass is 10.0. The number of phenolic OH excluding ortho intramolecular Hbond substituents is 1. The Morgan fingerprint density at radius 1 is 1.00 bits per heavy atom. The Balaban J connectivity index is 1.47. The zero-order valence-corrected chi connectivity index (χ0v) is 15.8. The smallest absolute Gasteiger partial charge is 0.120 e. The van der Waals surface area contributed by atoms with Crippen LogP contribution in [0.4, 0.5) is 0 Å². The molecule has 136 valence electrons. The van der Waals surface area contributed by atoms with Crippen LogP contribution in [0.15, 0.2) is 47.8 Å². The SMILES string of the molecule is COc1ccc2ccc(O)c(CN3CCN(Cc4cccs4)CC3)c2c1. The van der Waals surface area contributed by atoms with Crippen molar-refractivity contribution >= 4 is 22.1 Å². The summed E-state index contributed by atoms with van der Waals surface area (Å²) in [4.78, 5) is 6.37. The molecule has 1 aromatic heterocycles. The molecular formula is C21H24N2O2S. The molecule has 5 heteroatoms. The van der Waals surface area contributed by atoms with Gasteiger partial charge in [0, 0.05) is 49.7 Å². The zero-order valence-electron chi connectivity index (χ0n) is 15.0. The number of hydrogen-bond donors (Lipinski definition) is 1. The summed E-state index contributed by atoms with van der Waals surface area (Å²) in [5, 5.41) is 14.8. The van der Waals surface area contributed by atoms with Gasteiger partial charge < -0.3 is 9.84 Å². The van der Waals surface area contributed by atoms with Gasteiger partial charge in [-0.3, -0.25) is 9.80 Å². The minimum absolute atomic E-state index is 0.367. The summed E-state index contributed by atoms with van der Waals surface area (Å²) < 4.78 is 5.37. The van der Waals surface area contributed by atoms with Crippen molar-refractivity contribution in [1.82, 2.24) is 9.80 Å². The van der Waals surface area contributed by atoms with Crippen molar-refractivity contribution in [2.75, 3.05) is 33.3 Å². The highest BCUT2D eigenvalue weighted by atomic mass is 32.1. The summed E-state index contributed by atoms with van der Waals surface area (Å²) in [6.07, 6.45) is 0. The third kappa shape index (κ3) is 3.70. The summed E-state index contributed by atoms with van der Waals surface area (Å²) >= 11 is 1.83. The molecule has 2 aromatic carbocycles. The molecule has 26 heavy (non-hydrogen) atoms. The van der Waals surface area contributed by atoms with Gasteiger partial charge in [-0.15, -0.1) is 11.3 Å². The molecule has 1 saturated heterocycles. The van der Waals surface area contributed by atoms with Gasteiger partial charge in [0.15, 0.2) is 0 Å². The molecule has 0 spiro atoms. The molecule has 0 aliphatic carbocycles. The van der Waals surface area contributed by atoms with E-state index >= 15 is 0 Å². The van der Waals surface area contributed by atoms with Crippen LogP contribution in [0, 0.1) is 0 Å². The average Bonchev–Trinajstić information content (AvgIpc) is 3.18. The van der Waals surface area contributed by atoms with Crippen LogP contribution in [0.3, 0.4) is 0 Å². The van der Waals surface area contributed by atoms with Crippen LogP contribution in [-0.2, 0) is 13.1 Å². The highest BCUT2D eigenvalue weighted by Crippen LogP contribution is 2.31. The number of nitrogens with zero attached hydrogens (tertiary/aromatic N) is 2. The van der Waals surface area contributed by atoms with Crippen LogP contribution in [-0.4, -0.2) is 48.2 Å². The van der Waals surface area contributed by atoms with E-state index in [0.717, 1.165) is 61.4 Å². The molecular weight excluding hydrogens is 344 g/mol. The molecule has 4 nitrogen and oxygen atoms in total. The van der Waals surface area contributed by atoms with Gasteiger partial charge in [-0.1, -0.05) is 18.2 Å². The summed E-state index contributed by atoms with van der Waals surface area (Å²) in [7, 11) is 1.68. The Morgan fingerprint density at radius 3 is 2.42 bits per heavy atom. The molecule has 0 bridgehead atoms. The monoisotopic (exact) mass is 368 g/mol. The lowest BCUT2D eigenvalue weighted by molar-refractivity contribution is 0.122. The molecule has 1 aliphatic heterocycles. The van der Waals surface area contributed by atoms with E-state index in [1.807, 2.05) is 29.5 Å². The number of phenols is 1. The van der Waals surface area contributed by atoms with Gasteiger partial charge in [0.25, 0.3) is 0 Å². The van der Waals surface area contributed by atoms with E-state index in [-0.39, 0.29) is 0 Å². The number of fused-ring (bicyclic) bond motifs is 1. The van der Waals surface area contributed by atoms with Crippen molar-refractivity contribution in [3.05, 3.63) is 58.3 Å². The number of piperazine rings is 1. The van der Waals surface area contributed by atoms with Crippen LogP contribution in [0.1, 0.15) is 10.4 Å². The molecule has 0 saturated carbocycles. The standard InChI is InChI=1S/C21H24N2O2S/c1-25-17-6-4-16-5-7-21(24)20(19(16)13-17)15-23-10-8-22(9-11-23)14-18-3-2-12-26-18/h2-7,12-13,24H,8-11,14-15H2,1H3. The number of thiophene rings is 1. The first kappa shape index (κ1) is 17.3. The first-order valence-electron chi connectivity index (χ1n) is 8.98. The fourth-order valence-corrected chi connectivity index (χ4v) is 4.34. The van der Waals surface area contributed by atoms with Crippen molar-refractivity contribution in [2.45, 2.75) is 13.1 Å². The Labute approximate surface area is 158 Å². The van der Waals surface area contributed by atoms with Gasteiger partial charge in [0.1, 0.15) is 11.5 Å². The number of hydrogen-bond acceptors (Lipinski definition) is 5. The Bertz CT molecular complexity index is 871. The number of rotatable bonds is 5. The fraction of sp³-hybridized carbons (Fsp3) is 0.333. The van der Waals surface area contributed by atoms with E-state index in [9.17, 15) is 5.11 Å². The molecule has 1 fully saturated rings. The Kier molecular flexibility index (Phi) is 5.11. The van der Waals surface area contributed by atoms with E-state index in [2.05, 4.69) is 33.4 Å². The maximum absolute atomic E-state index is 10.4. The predicted molar refractivity (Wildman–Crippen MR) is 107 cm³/mol. The molecule has 1 aliphatic rings. The fourth-order valence-electron chi connectivity index (χ4n) is 3.59. The number of ether oxygens (including phenoxy) is 1. The van der Waals surface area contributed by atoms with Crippen molar-refractivity contribution in [3.63, 3.8) is 0 Å². The Morgan fingerprint density at radius 2 is 1.73 bits per heavy atom. The summed E-state index contributed by atoms with van der Waals surface area (Å²) in [6, 6.07) is 14.1. The van der Waals surface area contributed by atoms with Crippen LogP contribution in [0.25, 0.3) is 10.8 Å². The van der Waals surface area contributed by atoms with Gasteiger partial charge in [-0.05, 0) is 40.4 Å². The second-order valence-electron chi connectivity index (χ2n) is 6.78. The first-order chi connectivity index (χ1) is 12.7. The molecule has 0 amide bonds. The van der Waals surface area contributed by atoms with Gasteiger partial charge in [-0.2, -0.15) is 0 Å². The molecule has 0 unspecified atom stereocenters. The van der Waals surface area contributed by atoms with Crippen LogP contribution < -0.4 is 4.74 Å². The van der Waals surface area contributed by atoms with E-state index in [4.69, 9.17) is 4.74 Å². The highest BCUT2D eigenvalue weighted by molar-refractivity contribution is 7.09. The van der Waals surface area contributed by atoms with E-state index < -0.39 is 0 Å². The lowest BCUT2D eigenvalue weighted by Gasteiger charge is -2.34. The van der Waals surface area contributed by atoms with Crippen molar-refractivity contribution < 1.29 is 9.84 Å². The van der Waals surface area contributed by atoms with Crippen LogP contribution in [0.2, 0.25) is 0 Å². The molecule has 0 atom stereocenters. The first-order valence-corrected chi connectivity index (χ1v) is 9.86. The molecule has 4 rings (SSSR count). The molecule has 3 aromatic rings. The van der Waals surface area contributed by atoms with Crippen LogP contribution >= 0.6 is 11.3 Å². The third-order valence-corrected chi connectivity index (χ3v) is 5.98. The number of methoxy groups -OCH3 is 1. The average molecular weight is 369 g/mol. The van der Waals surface area contributed by atoms with E-state index in [0.29, 0.717) is 5.75 Å². The minimum Gasteiger partial charge on any atom is -0.508 e. The highest BCUT2D eigenvalue weighted by Gasteiger charge is 2.19.